The fourth-order valence-electron chi connectivity index (χ4n) is 7.69. The van der Waals surface area contributed by atoms with Crippen molar-refractivity contribution in [1.29, 1.82) is 5.26 Å². The fraction of sp³-hybridized carbons (Fsp3) is 0.645. The van der Waals surface area contributed by atoms with Crippen LogP contribution < -0.4 is 10.6 Å². The Morgan fingerprint density at radius 1 is 1.26 bits per heavy atom. The first-order chi connectivity index (χ1) is 20.4. The normalized spacial score (nSPS) is 37.2. The number of carbonyl (C=O) groups excluding carboxylic acids is 2. The maximum Gasteiger partial charge on any atom is 0.246 e. The average Bonchev–Trinajstić information content (AvgIpc) is 3.43. The van der Waals surface area contributed by atoms with Crippen LogP contribution in [0.15, 0.2) is 36.9 Å². The summed E-state index contributed by atoms with van der Waals surface area (Å²) in [5.74, 6) is 0.250. The largest absolute Gasteiger partial charge is 0.348 e. The molecule has 7 unspecified atom stereocenters. The predicted octanol–water partition coefficient (Wildman–Crippen LogP) is 2.56. The van der Waals surface area contributed by atoms with E-state index in [0.29, 0.717) is 56.4 Å². The van der Waals surface area contributed by atoms with Gasteiger partial charge >= 0.3 is 0 Å². The molecule has 2 N–H and O–H groups in total. The Morgan fingerprint density at radius 2 is 2.10 bits per heavy atom. The van der Waals surface area contributed by atoms with Gasteiger partial charge in [-0.25, -0.2) is 4.39 Å². The first kappa shape index (κ1) is 29.7. The number of likely N-dealkylation sites (tertiary alicyclic amines) is 1. The summed E-state index contributed by atoms with van der Waals surface area (Å²) < 4.78 is 21.6. The summed E-state index contributed by atoms with van der Waals surface area (Å²) in [6.07, 6.45) is 2.68. The topological polar surface area (TPSA) is 101 Å². The molecule has 9 nitrogen and oxygen atoms in total. The summed E-state index contributed by atoms with van der Waals surface area (Å²) in [6, 6.07) is 9.25. The second kappa shape index (κ2) is 12.3. The van der Waals surface area contributed by atoms with E-state index in [1.165, 1.54) is 17.8 Å². The minimum absolute atomic E-state index is 0.0853. The van der Waals surface area contributed by atoms with Gasteiger partial charge < -0.3 is 14.5 Å². The Balaban J connectivity index is 1.26. The number of rotatable bonds is 6. The van der Waals surface area contributed by atoms with Crippen molar-refractivity contribution < 1.29 is 18.7 Å². The van der Waals surface area contributed by atoms with Crippen molar-refractivity contribution in [2.24, 2.45) is 5.92 Å². The zero-order valence-electron chi connectivity index (χ0n) is 24.2. The molecule has 5 aliphatic rings. The van der Waals surface area contributed by atoms with Gasteiger partial charge in [0.25, 0.3) is 0 Å². The van der Waals surface area contributed by atoms with E-state index in [1.807, 2.05) is 24.3 Å². The Hall–Kier alpha value is -2.33. The number of likely N-dealkylation sites (N-methyl/N-ethyl adjacent to an activating group) is 1. The standard InChI is InChI=1S/C31H41FN6O3S/c1-3-25(39)38-16-15-37(17-21(38)11-13-33)29-24-10-12-31(27(32)23-9-5-4-7-20(23)19-42-31)28(40)26(24)34-30(35-29)41-18-22-8-6-14-36(22)2/h3-5,7,9,21-22,24,26-27,29-30,34-35H,1,6,8,10-12,14-19H2,2H3/t21?,22?,24?,26?,27?,29?,30?,31-/m1/s1. The number of hydrogen-bond acceptors (Lipinski definition) is 9. The van der Waals surface area contributed by atoms with E-state index >= 15 is 4.39 Å². The number of nitrogens with one attached hydrogen (secondary N) is 2. The van der Waals surface area contributed by atoms with E-state index in [2.05, 4.69) is 40.1 Å². The number of thioether (sulfide) groups is 1. The lowest BCUT2D eigenvalue weighted by Crippen LogP contribution is -2.75. The minimum Gasteiger partial charge on any atom is -0.348 e. The van der Waals surface area contributed by atoms with Crippen LogP contribution in [-0.2, 0) is 20.1 Å². The number of ether oxygens (including phenoxy) is 1. The van der Waals surface area contributed by atoms with Gasteiger partial charge in [-0.3, -0.25) is 25.1 Å². The Kier molecular flexibility index (Phi) is 8.74. The quantitative estimate of drug-likeness (QED) is 0.480. The number of nitrogens with zero attached hydrogens (tertiary/aromatic N) is 4. The lowest BCUT2D eigenvalue weighted by molar-refractivity contribution is -0.146. The molecule has 8 atom stereocenters. The van der Waals surface area contributed by atoms with E-state index in [-0.39, 0.29) is 36.2 Å². The first-order valence-corrected chi connectivity index (χ1v) is 16.1. The molecule has 4 aliphatic heterocycles. The summed E-state index contributed by atoms with van der Waals surface area (Å²) >= 11 is 1.45. The number of halogens is 1. The third-order valence-corrected chi connectivity index (χ3v) is 11.7. The van der Waals surface area contributed by atoms with Crippen LogP contribution in [0.25, 0.3) is 0 Å². The van der Waals surface area contributed by atoms with Crippen LogP contribution in [0.1, 0.15) is 49.4 Å². The SMILES string of the molecule is C=CC(=O)N1CCN(C2NC(OCC3CCCN3C)NC3C(=O)[C@]4(CCC32)SCc2ccccc2C4F)CC1CC#N. The van der Waals surface area contributed by atoms with Gasteiger partial charge in [-0.2, -0.15) is 5.26 Å². The molecule has 6 rings (SSSR count). The van der Waals surface area contributed by atoms with Gasteiger partial charge in [0.2, 0.25) is 5.91 Å². The Morgan fingerprint density at radius 3 is 2.86 bits per heavy atom. The van der Waals surface area contributed by atoms with Crippen molar-refractivity contribution in [1.82, 2.24) is 25.3 Å². The molecule has 1 amide bonds. The van der Waals surface area contributed by atoms with Gasteiger partial charge in [0, 0.05) is 37.3 Å². The lowest BCUT2D eigenvalue weighted by Gasteiger charge is -2.55. The fourth-order valence-corrected chi connectivity index (χ4v) is 9.17. The molecular formula is C31H41FN6O3S. The lowest BCUT2D eigenvalue weighted by atomic mass is 9.70. The molecule has 11 heteroatoms. The molecular weight excluding hydrogens is 555 g/mol. The minimum atomic E-state index is -1.36. The highest BCUT2D eigenvalue weighted by Crippen LogP contribution is 2.55. The summed E-state index contributed by atoms with van der Waals surface area (Å²) in [4.78, 5) is 33.3. The van der Waals surface area contributed by atoms with Gasteiger partial charge in [-0.05, 0) is 56.5 Å². The highest BCUT2D eigenvalue weighted by molar-refractivity contribution is 8.00. The van der Waals surface area contributed by atoms with Crippen molar-refractivity contribution >= 4 is 23.5 Å². The monoisotopic (exact) mass is 596 g/mol. The summed E-state index contributed by atoms with van der Waals surface area (Å²) in [5, 5.41) is 16.6. The summed E-state index contributed by atoms with van der Waals surface area (Å²) in [5.41, 5.74) is 1.59. The van der Waals surface area contributed by atoms with E-state index < -0.39 is 23.3 Å². The number of amides is 1. The van der Waals surface area contributed by atoms with Crippen molar-refractivity contribution in [3.8, 4) is 6.07 Å². The van der Waals surface area contributed by atoms with Crippen LogP contribution >= 0.6 is 11.8 Å². The van der Waals surface area contributed by atoms with E-state index in [1.54, 1.807) is 4.90 Å². The van der Waals surface area contributed by atoms with Gasteiger partial charge in [0.1, 0.15) is 10.9 Å². The van der Waals surface area contributed by atoms with Crippen LogP contribution in [0, 0.1) is 17.2 Å². The molecule has 1 aromatic carbocycles. The van der Waals surface area contributed by atoms with Gasteiger partial charge in [0.15, 0.2) is 12.1 Å². The van der Waals surface area contributed by atoms with Gasteiger partial charge in [0.05, 0.1) is 37.3 Å². The third-order valence-electron chi connectivity index (χ3n) is 10.1. The number of alkyl halides is 1. The van der Waals surface area contributed by atoms with Crippen LogP contribution in [0.4, 0.5) is 4.39 Å². The number of piperazine rings is 1. The summed E-state index contributed by atoms with van der Waals surface area (Å²) in [6.45, 7) is 6.76. The highest BCUT2D eigenvalue weighted by atomic mass is 32.2. The molecule has 1 saturated carbocycles. The maximum absolute atomic E-state index is 16.4. The smallest absolute Gasteiger partial charge is 0.246 e. The molecule has 0 bridgehead atoms. The third kappa shape index (κ3) is 5.31. The molecule has 4 fully saturated rings. The highest BCUT2D eigenvalue weighted by Gasteiger charge is 2.59. The molecule has 226 valence electrons. The van der Waals surface area contributed by atoms with Crippen molar-refractivity contribution in [2.75, 3.05) is 39.8 Å². The number of fused-ring (bicyclic) bond motifs is 2. The second-order valence-electron chi connectivity index (χ2n) is 12.3. The number of ketones is 1. The number of hydrogen-bond donors (Lipinski definition) is 2. The molecule has 3 saturated heterocycles. The zero-order chi connectivity index (χ0) is 29.4. The Labute approximate surface area is 251 Å². The van der Waals surface area contributed by atoms with E-state index in [4.69, 9.17) is 4.74 Å². The van der Waals surface area contributed by atoms with Crippen LogP contribution in [0.3, 0.4) is 0 Å². The van der Waals surface area contributed by atoms with Crippen molar-refractivity contribution in [3.63, 3.8) is 0 Å². The molecule has 1 aliphatic carbocycles. The number of Topliss-reactive ketones (excluding diaryl/α,β-unsaturated/α-hetero) is 1. The maximum atomic E-state index is 16.4. The second-order valence-corrected chi connectivity index (χ2v) is 13.6. The number of benzene rings is 1. The molecule has 4 heterocycles. The zero-order valence-corrected chi connectivity index (χ0v) is 25.0. The molecule has 42 heavy (non-hydrogen) atoms. The van der Waals surface area contributed by atoms with E-state index in [0.717, 1.165) is 24.9 Å². The van der Waals surface area contributed by atoms with Crippen molar-refractivity contribution in [3.05, 3.63) is 48.0 Å². The van der Waals surface area contributed by atoms with Gasteiger partial charge in [-0.15, -0.1) is 11.8 Å². The molecule has 1 aromatic rings. The van der Waals surface area contributed by atoms with E-state index in [9.17, 15) is 14.9 Å². The molecule has 0 radical (unpaired) electrons. The molecule has 1 spiro atoms. The number of nitriles is 1. The van der Waals surface area contributed by atoms with Crippen LogP contribution in [-0.4, -0.2) is 102 Å². The first-order valence-electron chi connectivity index (χ1n) is 15.1. The van der Waals surface area contributed by atoms with Crippen LogP contribution in [0.2, 0.25) is 0 Å². The Bertz CT molecular complexity index is 1250. The summed E-state index contributed by atoms with van der Waals surface area (Å²) in [7, 11) is 2.11. The van der Waals surface area contributed by atoms with Gasteiger partial charge in [-0.1, -0.05) is 30.8 Å². The molecule has 0 aromatic heterocycles. The predicted molar refractivity (Wildman–Crippen MR) is 159 cm³/mol. The number of carbonyl (C=O) groups is 2. The van der Waals surface area contributed by atoms with Crippen LogP contribution in [0.5, 0.6) is 0 Å². The average molecular weight is 597 g/mol. The van der Waals surface area contributed by atoms with Crippen molar-refractivity contribution in [2.45, 2.75) is 79.4 Å².